The number of carbonyl (C=O) groups is 2. The fourth-order valence-electron chi connectivity index (χ4n) is 2.62. The Kier molecular flexibility index (Phi) is 5.09. The van der Waals surface area contributed by atoms with Crippen molar-refractivity contribution < 1.29 is 19.4 Å². The average molecular weight is 338 g/mol. The van der Waals surface area contributed by atoms with Gasteiger partial charge < -0.3 is 14.7 Å². The number of benzene rings is 1. The van der Waals surface area contributed by atoms with Crippen molar-refractivity contribution in [3.05, 3.63) is 71.6 Å². The van der Waals surface area contributed by atoms with Crippen molar-refractivity contribution in [2.45, 2.75) is 13.0 Å². The van der Waals surface area contributed by atoms with E-state index in [9.17, 15) is 9.59 Å². The highest BCUT2D eigenvalue weighted by atomic mass is 16.6. The monoisotopic (exact) mass is 338 g/mol. The lowest BCUT2D eigenvalue weighted by Gasteiger charge is -2.26. The van der Waals surface area contributed by atoms with Gasteiger partial charge in [-0.05, 0) is 29.2 Å². The van der Waals surface area contributed by atoms with Gasteiger partial charge in [-0.1, -0.05) is 42.5 Å². The van der Waals surface area contributed by atoms with Crippen LogP contribution >= 0.6 is 0 Å². The smallest absolute Gasteiger partial charge is 0.410 e. The van der Waals surface area contributed by atoms with Crippen molar-refractivity contribution in [1.29, 1.82) is 0 Å². The summed E-state index contributed by atoms with van der Waals surface area (Å²) in [5.41, 5.74) is 2.90. The molecular formula is C19H18N2O4. The normalized spacial score (nSPS) is 13.9. The zero-order valence-corrected chi connectivity index (χ0v) is 13.6. The Bertz CT molecular complexity index is 785. The van der Waals surface area contributed by atoms with E-state index in [1.54, 1.807) is 17.2 Å². The van der Waals surface area contributed by atoms with Crippen LogP contribution in [0.5, 0.6) is 0 Å². The van der Waals surface area contributed by atoms with Crippen LogP contribution < -0.4 is 0 Å². The first-order chi connectivity index (χ1) is 12.1. The van der Waals surface area contributed by atoms with E-state index in [1.807, 2.05) is 36.4 Å². The highest BCUT2D eigenvalue weighted by molar-refractivity contribution is 5.85. The van der Waals surface area contributed by atoms with Crippen molar-refractivity contribution >= 4 is 17.6 Å². The van der Waals surface area contributed by atoms with Crippen LogP contribution in [0.25, 0.3) is 5.57 Å². The van der Waals surface area contributed by atoms with E-state index < -0.39 is 5.97 Å². The predicted octanol–water partition coefficient (Wildman–Crippen LogP) is 3.21. The van der Waals surface area contributed by atoms with Crippen molar-refractivity contribution in [3.63, 3.8) is 0 Å². The number of aromatic carboxylic acids is 1. The maximum Gasteiger partial charge on any atom is 0.410 e. The number of pyridine rings is 1. The lowest BCUT2D eigenvalue weighted by atomic mass is 10.0. The molecule has 0 saturated carbocycles. The van der Waals surface area contributed by atoms with Crippen molar-refractivity contribution in [3.8, 4) is 0 Å². The third-order valence-corrected chi connectivity index (χ3v) is 4.03. The van der Waals surface area contributed by atoms with E-state index in [0.717, 1.165) is 16.7 Å². The summed E-state index contributed by atoms with van der Waals surface area (Å²) in [6.45, 7) is 1.27. The zero-order valence-electron chi connectivity index (χ0n) is 13.6. The lowest BCUT2D eigenvalue weighted by Crippen LogP contribution is -2.35. The van der Waals surface area contributed by atoms with Gasteiger partial charge in [-0.3, -0.25) is 0 Å². The second kappa shape index (κ2) is 7.61. The molecule has 2 aromatic rings. The minimum Gasteiger partial charge on any atom is -0.477 e. The van der Waals surface area contributed by atoms with Crippen molar-refractivity contribution in [2.24, 2.45) is 0 Å². The summed E-state index contributed by atoms with van der Waals surface area (Å²) in [6.07, 6.45) is 3.84. The molecule has 2 heterocycles. The minimum absolute atomic E-state index is 0.0197. The van der Waals surface area contributed by atoms with E-state index in [1.165, 1.54) is 6.07 Å². The highest BCUT2D eigenvalue weighted by Gasteiger charge is 2.19. The molecule has 0 unspecified atom stereocenters. The molecule has 0 atom stereocenters. The Morgan fingerprint density at radius 3 is 2.56 bits per heavy atom. The molecule has 25 heavy (non-hydrogen) atoms. The highest BCUT2D eigenvalue weighted by Crippen LogP contribution is 2.22. The van der Waals surface area contributed by atoms with Crippen LogP contribution in [-0.4, -0.2) is 40.1 Å². The Morgan fingerprint density at radius 2 is 1.96 bits per heavy atom. The lowest BCUT2D eigenvalue weighted by molar-refractivity contribution is 0.0690. The molecule has 0 saturated heterocycles. The molecule has 1 aliphatic rings. The standard InChI is InChI=1S/C19H18N2O4/c22-18(23)17-7-6-16(12-20-17)15-8-10-21(11-9-15)19(24)25-13-14-4-2-1-3-5-14/h1-8,12H,9-11,13H2,(H,22,23). The van der Waals surface area contributed by atoms with Gasteiger partial charge in [0.1, 0.15) is 12.3 Å². The van der Waals surface area contributed by atoms with Crippen LogP contribution in [-0.2, 0) is 11.3 Å². The van der Waals surface area contributed by atoms with Gasteiger partial charge in [0.15, 0.2) is 0 Å². The number of ether oxygens (including phenoxy) is 1. The molecule has 0 spiro atoms. The Morgan fingerprint density at radius 1 is 1.16 bits per heavy atom. The third kappa shape index (κ3) is 4.23. The van der Waals surface area contributed by atoms with Crippen LogP contribution in [0.3, 0.4) is 0 Å². The number of hydrogen-bond acceptors (Lipinski definition) is 4. The van der Waals surface area contributed by atoms with Crippen LogP contribution in [0.2, 0.25) is 0 Å². The summed E-state index contributed by atoms with van der Waals surface area (Å²) < 4.78 is 5.33. The number of rotatable bonds is 4. The van der Waals surface area contributed by atoms with E-state index in [4.69, 9.17) is 9.84 Å². The van der Waals surface area contributed by atoms with Gasteiger partial charge in [-0.25, -0.2) is 14.6 Å². The maximum atomic E-state index is 12.1. The van der Waals surface area contributed by atoms with Gasteiger partial charge in [0.05, 0.1) is 0 Å². The molecule has 1 aliphatic heterocycles. The average Bonchev–Trinajstić information content (AvgIpc) is 2.67. The van der Waals surface area contributed by atoms with Gasteiger partial charge in [-0.15, -0.1) is 0 Å². The first-order valence-corrected chi connectivity index (χ1v) is 7.98. The van der Waals surface area contributed by atoms with Gasteiger partial charge in [0.2, 0.25) is 0 Å². The minimum atomic E-state index is -1.04. The van der Waals surface area contributed by atoms with E-state index in [0.29, 0.717) is 19.5 Å². The molecule has 1 aromatic carbocycles. The number of amides is 1. The molecule has 0 bridgehead atoms. The molecule has 0 aliphatic carbocycles. The van der Waals surface area contributed by atoms with E-state index in [2.05, 4.69) is 4.98 Å². The molecule has 128 valence electrons. The second-order valence-electron chi connectivity index (χ2n) is 5.70. The molecule has 3 rings (SSSR count). The SMILES string of the molecule is O=C(O)c1ccc(C2=CCN(C(=O)OCc3ccccc3)CC2)cn1. The number of nitrogens with zero attached hydrogens (tertiary/aromatic N) is 2. The molecular weight excluding hydrogens is 320 g/mol. The van der Waals surface area contributed by atoms with E-state index >= 15 is 0 Å². The predicted molar refractivity (Wildman–Crippen MR) is 92.0 cm³/mol. The Balaban J connectivity index is 1.56. The number of carboxylic acids is 1. The quantitative estimate of drug-likeness (QED) is 0.926. The topological polar surface area (TPSA) is 79.7 Å². The van der Waals surface area contributed by atoms with Gasteiger partial charge in [-0.2, -0.15) is 0 Å². The molecule has 1 aromatic heterocycles. The third-order valence-electron chi connectivity index (χ3n) is 4.03. The number of carbonyl (C=O) groups excluding carboxylic acids is 1. The number of carboxylic acid groups (broad SMARTS) is 1. The Hall–Kier alpha value is -3.15. The molecule has 6 heteroatoms. The molecule has 0 radical (unpaired) electrons. The summed E-state index contributed by atoms with van der Waals surface area (Å²) in [7, 11) is 0. The van der Waals surface area contributed by atoms with Crippen LogP contribution in [0.1, 0.15) is 28.0 Å². The van der Waals surface area contributed by atoms with Crippen LogP contribution in [0, 0.1) is 0 Å². The van der Waals surface area contributed by atoms with Crippen molar-refractivity contribution in [1.82, 2.24) is 9.88 Å². The number of hydrogen-bond donors (Lipinski definition) is 1. The second-order valence-corrected chi connectivity index (χ2v) is 5.70. The molecule has 1 N–H and O–H groups in total. The summed E-state index contributed by atoms with van der Waals surface area (Å²) >= 11 is 0. The fourth-order valence-corrected chi connectivity index (χ4v) is 2.62. The van der Waals surface area contributed by atoms with Gasteiger partial charge >= 0.3 is 12.1 Å². The first-order valence-electron chi connectivity index (χ1n) is 7.98. The summed E-state index contributed by atoms with van der Waals surface area (Å²) in [6, 6.07) is 12.8. The summed E-state index contributed by atoms with van der Waals surface area (Å²) in [4.78, 5) is 28.5. The molecule has 1 amide bonds. The van der Waals surface area contributed by atoms with Crippen LogP contribution in [0.4, 0.5) is 4.79 Å². The van der Waals surface area contributed by atoms with E-state index in [-0.39, 0.29) is 18.4 Å². The largest absolute Gasteiger partial charge is 0.477 e. The van der Waals surface area contributed by atoms with Crippen LogP contribution in [0.15, 0.2) is 54.7 Å². The fraction of sp³-hybridized carbons (Fsp3) is 0.211. The summed E-state index contributed by atoms with van der Waals surface area (Å²) in [5.74, 6) is -1.04. The van der Waals surface area contributed by atoms with Gasteiger partial charge in [0, 0.05) is 19.3 Å². The molecule has 0 fully saturated rings. The first kappa shape index (κ1) is 16.7. The van der Waals surface area contributed by atoms with Crippen molar-refractivity contribution in [2.75, 3.05) is 13.1 Å². The number of aromatic nitrogens is 1. The van der Waals surface area contributed by atoms with Gasteiger partial charge in [0.25, 0.3) is 0 Å². The maximum absolute atomic E-state index is 12.1. The summed E-state index contributed by atoms with van der Waals surface area (Å²) in [5, 5.41) is 8.88. The molecule has 6 nitrogen and oxygen atoms in total. The zero-order chi connectivity index (χ0) is 17.6. The Labute approximate surface area is 145 Å².